The summed E-state index contributed by atoms with van der Waals surface area (Å²) in [5.74, 6) is -0.441. The van der Waals surface area contributed by atoms with Crippen molar-refractivity contribution in [2.24, 2.45) is 0 Å². The summed E-state index contributed by atoms with van der Waals surface area (Å²) in [5, 5.41) is 2.58. The largest absolute Gasteiger partial charge is 0.444 e. The SMILES string of the molecule is CC(CS(=O)(=O)O)OCCOCCOCCOCCNC(=O)OC(C)(C)C. The van der Waals surface area contributed by atoms with Crippen LogP contribution in [0, 0.1) is 0 Å². The van der Waals surface area contributed by atoms with Crippen molar-refractivity contribution in [3.63, 3.8) is 0 Å². The highest BCUT2D eigenvalue weighted by molar-refractivity contribution is 7.85. The first-order valence-corrected chi connectivity index (χ1v) is 10.4. The van der Waals surface area contributed by atoms with Gasteiger partial charge in [-0.3, -0.25) is 4.55 Å². The van der Waals surface area contributed by atoms with Crippen LogP contribution in [0.15, 0.2) is 0 Å². The van der Waals surface area contributed by atoms with Gasteiger partial charge in [0.2, 0.25) is 0 Å². The fourth-order valence-corrected chi connectivity index (χ4v) is 2.42. The van der Waals surface area contributed by atoms with Crippen LogP contribution < -0.4 is 5.32 Å². The molecule has 1 unspecified atom stereocenters. The predicted molar refractivity (Wildman–Crippen MR) is 98.5 cm³/mol. The van der Waals surface area contributed by atoms with E-state index in [1.165, 1.54) is 0 Å². The fourth-order valence-electron chi connectivity index (χ4n) is 1.73. The molecule has 0 bridgehead atoms. The van der Waals surface area contributed by atoms with Crippen molar-refractivity contribution in [1.82, 2.24) is 5.32 Å². The Morgan fingerprint density at radius 3 is 1.93 bits per heavy atom. The Labute approximate surface area is 161 Å². The van der Waals surface area contributed by atoms with E-state index in [-0.39, 0.29) is 6.61 Å². The molecule has 162 valence electrons. The van der Waals surface area contributed by atoms with Gasteiger partial charge in [-0.05, 0) is 27.7 Å². The lowest BCUT2D eigenvalue weighted by Crippen LogP contribution is -2.34. The van der Waals surface area contributed by atoms with Gasteiger partial charge in [-0.25, -0.2) is 4.79 Å². The van der Waals surface area contributed by atoms with E-state index in [0.29, 0.717) is 46.2 Å². The van der Waals surface area contributed by atoms with Gasteiger partial charge in [0, 0.05) is 6.54 Å². The summed E-state index contributed by atoms with van der Waals surface area (Å²) in [5.41, 5.74) is -0.523. The maximum Gasteiger partial charge on any atom is 0.407 e. The van der Waals surface area contributed by atoms with Crippen molar-refractivity contribution >= 4 is 16.2 Å². The lowest BCUT2D eigenvalue weighted by Gasteiger charge is -2.19. The lowest BCUT2D eigenvalue weighted by molar-refractivity contribution is -0.0113. The quantitative estimate of drug-likeness (QED) is 0.295. The van der Waals surface area contributed by atoms with Gasteiger partial charge in [-0.1, -0.05) is 0 Å². The monoisotopic (exact) mass is 415 g/mol. The Balaban J connectivity index is 3.31. The summed E-state index contributed by atoms with van der Waals surface area (Å²) in [7, 11) is -4.03. The minimum Gasteiger partial charge on any atom is -0.444 e. The standard InChI is InChI=1S/C16H33NO9S/c1-14(13-27(19,20)21)25-12-11-24-10-9-23-8-7-22-6-5-17-15(18)26-16(2,3)4/h14H,5-13H2,1-4H3,(H,17,18)(H,19,20,21). The molecule has 0 heterocycles. The zero-order chi connectivity index (χ0) is 20.8. The summed E-state index contributed by atoms with van der Waals surface area (Å²) in [6, 6.07) is 0. The Morgan fingerprint density at radius 1 is 0.963 bits per heavy atom. The van der Waals surface area contributed by atoms with Crippen LogP contribution in [0.3, 0.4) is 0 Å². The van der Waals surface area contributed by atoms with E-state index in [1.54, 1.807) is 27.7 Å². The normalized spacial score (nSPS) is 13.4. The molecule has 0 aliphatic heterocycles. The molecule has 0 radical (unpaired) electrons. The fraction of sp³-hybridized carbons (Fsp3) is 0.938. The van der Waals surface area contributed by atoms with E-state index in [1.807, 2.05) is 0 Å². The van der Waals surface area contributed by atoms with Crippen LogP contribution in [0.4, 0.5) is 4.79 Å². The molecular weight excluding hydrogens is 382 g/mol. The zero-order valence-corrected chi connectivity index (χ0v) is 17.4. The van der Waals surface area contributed by atoms with Crippen LogP contribution >= 0.6 is 0 Å². The third kappa shape index (κ3) is 21.2. The lowest BCUT2D eigenvalue weighted by atomic mass is 10.2. The first-order chi connectivity index (χ1) is 12.5. The van der Waals surface area contributed by atoms with Gasteiger partial charge in [0.15, 0.2) is 0 Å². The molecule has 0 aliphatic carbocycles. The van der Waals surface area contributed by atoms with E-state index in [0.717, 1.165) is 0 Å². The molecule has 0 aromatic rings. The number of nitrogens with one attached hydrogen (secondary N) is 1. The molecular formula is C16H33NO9S. The molecule has 0 saturated heterocycles. The first-order valence-electron chi connectivity index (χ1n) is 8.76. The number of ether oxygens (including phenoxy) is 5. The van der Waals surface area contributed by atoms with Crippen molar-refractivity contribution in [3.8, 4) is 0 Å². The number of hydrogen-bond donors (Lipinski definition) is 2. The zero-order valence-electron chi connectivity index (χ0n) is 16.6. The van der Waals surface area contributed by atoms with Crippen molar-refractivity contribution in [2.45, 2.75) is 39.4 Å². The number of alkyl carbamates (subject to hydrolysis) is 1. The van der Waals surface area contributed by atoms with Crippen LogP contribution in [-0.2, 0) is 33.8 Å². The minimum absolute atomic E-state index is 0.227. The topological polar surface area (TPSA) is 130 Å². The molecule has 0 rings (SSSR count). The Bertz CT molecular complexity index is 491. The second-order valence-electron chi connectivity index (χ2n) is 6.70. The Hall–Kier alpha value is -0.980. The third-order valence-corrected chi connectivity index (χ3v) is 3.62. The van der Waals surface area contributed by atoms with Crippen LogP contribution in [0.1, 0.15) is 27.7 Å². The molecule has 11 heteroatoms. The van der Waals surface area contributed by atoms with Crippen LogP contribution in [-0.4, -0.2) is 89.3 Å². The number of carbonyl (C=O) groups excluding carboxylic acids is 1. The summed E-state index contributed by atoms with van der Waals surface area (Å²) in [4.78, 5) is 11.4. The Morgan fingerprint density at radius 2 is 1.44 bits per heavy atom. The second kappa shape index (κ2) is 14.1. The molecule has 27 heavy (non-hydrogen) atoms. The first kappa shape index (κ1) is 26.0. The molecule has 0 fully saturated rings. The van der Waals surface area contributed by atoms with Crippen LogP contribution in [0.25, 0.3) is 0 Å². The number of carbonyl (C=O) groups is 1. The highest BCUT2D eigenvalue weighted by Crippen LogP contribution is 2.06. The van der Waals surface area contributed by atoms with Gasteiger partial charge in [-0.15, -0.1) is 0 Å². The van der Waals surface area contributed by atoms with Crippen molar-refractivity contribution in [1.29, 1.82) is 0 Å². The second-order valence-corrected chi connectivity index (χ2v) is 8.19. The smallest absolute Gasteiger partial charge is 0.407 e. The molecule has 1 atom stereocenters. The van der Waals surface area contributed by atoms with Crippen LogP contribution in [0.5, 0.6) is 0 Å². The van der Waals surface area contributed by atoms with Gasteiger partial charge in [0.1, 0.15) is 11.4 Å². The minimum atomic E-state index is -4.03. The Kier molecular flexibility index (Phi) is 13.6. The maximum absolute atomic E-state index is 11.4. The molecule has 2 N–H and O–H groups in total. The molecule has 0 spiro atoms. The maximum atomic E-state index is 11.4. The highest BCUT2D eigenvalue weighted by Gasteiger charge is 2.15. The number of hydrogen-bond acceptors (Lipinski definition) is 8. The summed E-state index contributed by atoms with van der Waals surface area (Å²) < 4.78 is 56.0. The van der Waals surface area contributed by atoms with Gasteiger partial charge in [-0.2, -0.15) is 8.42 Å². The predicted octanol–water partition coefficient (Wildman–Crippen LogP) is 0.854. The summed E-state index contributed by atoms with van der Waals surface area (Å²) in [6.45, 7) is 9.73. The van der Waals surface area contributed by atoms with E-state index in [9.17, 15) is 13.2 Å². The summed E-state index contributed by atoms with van der Waals surface area (Å²) >= 11 is 0. The van der Waals surface area contributed by atoms with Gasteiger partial charge in [0.05, 0.1) is 52.4 Å². The average Bonchev–Trinajstić information content (AvgIpc) is 2.48. The van der Waals surface area contributed by atoms with E-state index in [2.05, 4.69) is 5.32 Å². The molecule has 0 aromatic carbocycles. The van der Waals surface area contributed by atoms with Gasteiger partial charge >= 0.3 is 6.09 Å². The number of amides is 1. The summed E-state index contributed by atoms with van der Waals surface area (Å²) in [6.07, 6.45) is -1.07. The molecule has 0 saturated carbocycles. The van der Waals surface area contributed by atoms with E-state index in [4.69, 9.17) is 28.2 Å². The van der Waals surface area contributed by atoms with Gasteiger partial charge < -0.3 is 29.0 Å². The molecule has 0 aliphatic rings. The van der Waals surface area contributed by atoms with Gasteiger partial charge in [0.25, 0.3) is 10.1 Å². The average molecular weight is 416 g/mol. The molecule has 0 aromatic heterocycles. The van der Waals surface area contributed by atoms with E-state index < -0.39 is 33.7 Å². The third-order valence-electron chi connectivity index (χ3n) is 2.73. The van der Waals surface area contributed by atoms with Crippen molar-refractivity contribution in [2.75, 3.05) is 58.5 Å². The van der Waals surface area contributed by atoms with Crippen molar-refractivity contribution in [3.05, 3.63) is 0 Å². The number of rotatable bonds is 15. The highest BCUT2D eigenvalue weighted by atomic mass is 32.2. The molecule has 10 nitrogen and oxygen atoms in total. The molecule has 1 amide bonds. The van der Waals surface area contributed by atoms with Crippen LogP contribution in [0.2, 0.25) is 0 Å². The van der Waals surface area contributed by atoms with E-state index >= 15 is 0 Å². The van der Waals surface area contributed by atoms with Crippen molar-refractivity contribution < 1.29 is 41.4 Å².